The van der Waals surface area contributed by atoms with E-state index in [-0.39, 0.29) is 11.8 Å². The Morgan fingerprint density at radius 1 is 1.48 bits per heavy atom. The summed E-state index contributed by atoms with van der Waals surface area (Å²) in [6, 6.07) is 3.80. The third-order valence-electron chi connectivity index (χ3n) is 3.99. The van der Waals surface area contributed by atoms with Crippen molar-refractivity contribution < 1.29 is 9.50 Å². The minimum absolute atomic E-state index is 0.0388. The average molecular weight is 291 g/mol. The van der Waals surface area contributed by atoms with E-state index < -0.39 is 5.82 Å². The van der Waals surface area contributed by atoms with Gasteiger partial charge in [0.2, 0.25) is 5.95 Å². The normalized spacial score (nSPS) is 22.5. The molecule has 2 heterocycles. The Kier molecular flexibility index (Phi) is 3.50. The van der Waals surface area contributed by atoms with Gasteiger partial charge in [0, 0.05) is 19.1 Å². The topological polar surface area (TPSA) is 91.1 Å². The lowest BCUT2D eigenvalue weighted by Gasteiger charge is -2.34. The van der Waals surface area contributed by atoms with Crippen LogP contribution in [0, 0.1) is 11.7 Å². The van der Waals surface area contributed by atoms with Crippen LogP contribution in [0.2, 0.25) is 0 Å². The number of aromatic amines is 1. The fourth-order valence-corrected chi connectivity index (χ4v) is 2.49. The van der Waals surface area contributed by atoms with Crippen molar-refractivity contribution in [3.63, 3.8) is 0 Å². The Hall–Kier alpha value is -2.15. The van der Waals surface area contributed by atoms with Crippen LogP contribution in [0.4, 0.5) is 10.3 Å². The van der Waals surface area contributed by atoms with Gasteiger partial charge in [-0.25, -0.2) is 4.39 Å². The number of aromatic hydroxyl groups is 1. The van der Waals surface area contributed by atoms with Gasteiger partial charge in [-0.2, -0.15) is 4.98 Å². The van der Waals surface area contributed by atoms with Gasteiger partial charge >= 0.3 is 0 Å². The van der Waals surface area contributed by atoms with E-state index in [0.29, 0.717) is 29.8 Å². The number of H-pyrrole nitrogens is 1. The number of halogens is 1. The maximum atomic E-state index is 13.3. The van der Waals surface area contributed by atoms with E-state index in [1.54, 1.807) is 0 Å². The van der Waals surface area contributed by atoms with Crippen molar-refractivity contribution in [2.75, 3.05) is 18.0 Å². The molecule has 0 saturated carbocycles. The Morgan fingerprint density at radius 2 is 2.29 bits per heavy atom. The number of nitrogens with zero attached hydrogens (tertiary/aromatic N) is 3. The summed E-state index contributed by atoms with van der Waals surface area (Å²) in [6.45, 7) is 3.66. The highest BCUT2D eigenvalue weighted by atomic mass is 19.1. The number of nitrogens with two attached hydrogens (primary N) is 1. The Morgan fingerprint density at radius 3 is 3.05 bits per heavy atom. The summed E-state index contributed by atoms with van der Waals surface area (Å²) < 4.78 is 13.3. The summed E-state index contributed by atoms with van der Waals surface area (Å²) in [5, 5.41) is 16.7. The zero-order valence-electron chi connectivity index (χ0n) is 11.8. The monoisotopic (exact) mass is 291 g/mol. The lowest BCUT2D eigenvalue weighted by atomic mass is 9.95. The van der Waals surface area contributed by atoms with E-state index >= 15 is 0 Å². The molecular weight excluding hydrogens is 273 g/mol. The highest BCUT2D eigenvalue weighted by molar-refractivity contribution is 5.64. The van der Waals surface area contributed by atoms with Crippen molar-refractivity contribution >= 4 is 5.95 Å². The van der Waals surface area contributed by atoms with Crippen LogP contribution in [-0.2, 0) is 0 Å². The standard InChI is InChI=1S/C14H18FN5O/c1-8-4-5-20(7-11(8)16)14-17-13(18-19-14)10-6-9(15)2-3-12(10)21/h2-3,6,8,11,21H,4-5,7,16H2,1H3,(H,17,18,19). The Bertz CT molecular complexity index is 644. The minimum atomic E-state index is -0.436. The number of nitrogens with one attached hydrogen (secondary N) is 1. The van der Waals surface area contributed by atoms with Crippen LogP contribution in [0.3, 0.4) is 0 Å². The molecule has 1 aromatic heterocycles. The Balaban J connectivity index is 1.85. The van der Waals surface area contributed by atoms with Crippen molar-refractivity contribution in [3.05, 3.63) is 24.0 Å². The molecular formula is C14H18FN5O. The molecule has 2 unspecified atom stereocenters. The van der Waals surface area contributed by atoms with Crippen molar-refractivity contribution in [2.45, 2.75) is 19.4 Å². The van der Waals surface area contributed by atoms with Crippen molar-refractivity contribution in [3.8, 4) is 17.1 Å². The summed E-state index contributed by atoms with van der Waals surface area (Å²) in [5.41, 5.74) is 6.37. The third kappa shape index (κ3) is 2.69. The summed E-state index contributed by atoms with van der Waals surface area (Å²) in [7, 11) is 0. The van der Waals surface area contributed by atoms with Gasteiger partial charge in [-0.3, -0.25) is 5.10 Å². The predicted molar refractivity (Wildman–Crippen MR) is 77.4 cm³/mol. The number of hydrogen-bond acceptors (Lipinski definition) is 5. The second kappa shape index (κ2) is 5.33. The fourth-order valence-electron chi connectivity index (χ4n) is 2.49. The van der Waals surface area contributed by atoms with E-state index in [9.17, 15) is 9.50 Å². The number of phenolic OH excluding ortho intramolecular Hbond substituents is 1. The highest BCUT2D eigenvalue weighted by Gasteiger charge is 2.25. The molecule has 4 N–H and O–H groups in total. The molecule has 0 aliphatic carbocycles. The summed E-state index contributed by atoms with van der Waals surface area (Å²) in [4.78, 5) is 6.34. The van der Waals surface area contributed by atoms with Gasteiger partial charge in [0.25, 0.3) is 0 Å². The quantitative estimate of drug-likeness (QED) is 0.780. The predicted octanol–water partition coefficient (Wildman–Crippen LogP) is 1.49. The molecule has 1 aromatic carbocycles. The van der Waals surface area contributed by atoms with E-state index in [1.807, 2.05) is 4.90 Å². The maximum absolute atomic E-state index is 13.3. The molecule has 1 saturated heterocycles. The van der Waals surface area contributed by atoms with Gasteiger partial charge < -0.3 is 15.7 Å². The summed E-state index contributed by atoms with van der Waals surface area (Å²) in [5.74, 6) is 0.870. The van der Waals surface area contributed by atoms with Gasteiger partial charge in [0.1, 0.15) is 11.6 Å². The van der Waals surface area contributed by atoms with Crippen LogP contribution >= 0.6 is 0 Å². The molecule has 0 radical (unpaired) electrons. The zero-order valence-corrected chi connectivity index (χ0v) is 11.8. The number of phenols is 1. The number of hydrogen-bond donors (Lipinski definition) is 3. The van der Waals surface area contributed by atoms with Crippen LogP contribution in [0.1, 0.15) is 13.3 Å². The third-order valence-corrected chi connectivity index (χ3v) is 3.99. The van der Waals surface area contributed by atoms with Crippen LogP contribution in [0.5, 0.6) is 5.75 Å². The highest BCUT2D eigenvalue weighted by Crippen LogP contribution is 2.28. The lowest BCUT2D eigenvalue weighted by Crippen LogP contribution is -2.48. The first kappa shape index (κ1) is 13.8. The second-order valence-electron chi connectivity index (χ2n) is 5.52. The number of aromatic nitrogens is 3. The molecule has 7 heteroatoms. The van der Waals surface area contributed by atoms with Gasteiger partial charge in [-0.1, -0.05) is 6.92 Å². The molecule has 21 heavy (non-hydrogen) atoms. The molecule has 1 aliphatic heterocycles. The van der Waals surface area contributed by atoms with Gasteiger partial charge in [0.15, 0.2) is 5.82 Å². The van der Waals surface area contributed by atoms with Crippen molar-refractivity contribution in [1.29, 1.82) is 0 Å². The van der Waals surface area contributed by atoms with Crippen molar-refractivity contribution in [2.24, 2.45) is 11.7 Å². The van der Waals surface area contributed by atoms with Gasteiger partial charge in [-0.15, -0.1) is 5.10 Å². The van der Waals surface area contributed by atoms with E-state index in [0.717, 1.165) is 13.0 Å². The van der Waals surface area contributed by atoms with E-state index in [4.69, 9.17) is 5.73 Å². The summed E-state index contributed by atoms with van der Waals surface area (Å²) in [6.07, 6.45) is 0.982. The van der Waals surface area contributed by atoms with Gasteiger partial charge in [-0.05, 0) is 30.5 Å². The number of rotatable bonds is 2. The molecule has 6 nitrogen and oxygen atoms in total. The van der Waals surface area contributed by atoms with Crippen LogP contribution < -0.4 is 10.6 Å². The fraction of sp³-hybridized carbons (Fsp3) is 0.429. The van der Waals surface area contributed by atoms with E-state index in [1.165, 1.54) is 18.2 Å². The van der Waals surface area contributed by atoms with E-state index in [2.05, 4.69) is 22.1 Å². The molecule has 3 rings (SSSR count). The molecule has 112 valence electrons. The van der Waals surface area contributed by atoms with Crippen molar-refractivity contribution in [1.82, 2.24) is 15.2 Å². The first-order chi connectivity index (χ1) is 10.0. The number of benzene rings is 1. The molecule has 2 atom stereocenters. The van der Waals surface area contributed by atoms with Crippen LogP contribution in [-0.4, -0.2) is 39.4 Å². The van der Waals surface area contributed by atoms with Crippen LogP contribution in [0.15, 0.2) is 18.2 Å². The maximum Gasteiger partial charge on any atom is 0.245 e. The average Bonchev–Trinajstić information content (AvgIpc) is 2.94. The SMILES string of the molecule is CC1CCN(c2n[nH]c(-c3cc(F)ccc3O)n2)CC1N. The zero-order chi connectivity index (χ0) is 15.0. The lowest BCUT2D eigenvalue weighted by molar-refractivity contribution is 0.376. The molecule has 0 spiro atoms. The number of piperidine rings is 1. The minimum Gasteiger partial charge on any atom is -0.507 e. The largest absolute Gasteiger partial charge is 0.507 e. The first-order valence-electron chi connectivity index (χ1n) is 6.96. The van der Waals surface area contributed by atoms with Crippen LogP contribution in [0.25, 0.3) is 11.4 Å². The summed E-state index contributed by atoms with van der Waals surface area (Å²) >= 11 is 0. The first-order valence-corrected chi connectivity index (χ1v) is 6.96. The van der Waals surface area contributed by atoms with Gasteiger partial charge in [0.05, 0.1) is 5.56 Å². The molecule has 0 amide bonds. The number of anilines is 1. The smallest absolute Gasteiger partial charge is 0.245 e. The molecule has 1 fully saturated rings. The Labute approximate surface area is 121 Å². The molecule has 1 aliphatic rings. The molecule has 0 bridgehead atoms. The second-order valence-corrected chi connectivity index (χ2v) is 5.52. The molecule has 2 aromatic rings.